The molecule has 1 aromatic carbocycles. The third-order valence-corrected chi connectivity index (χ3v) is 4.56. The Kier molecular flexibility index (Phi) is 5.36. The second-order valence-electron chi connectivity index (χ2n) is 6.80. The molecule has 0 saturated carbocycles. The Hall–Kier alpha value is -1.95. The van der Waals surface area contributed by atoms with E-state index in [1.165, 1.54) is 25.3 Å². The number of likely N-dealkylation sites (tertiary alicyclic amines) is 1. The molecule has 23 heavy (non-hydrogen) atoms. The zero-order chi connectivity index (χ0) is 17.0. The molecule has 1 amide bonds. The van der Waals surface area contributed by atoms with E-state index in [1.807, 2.05) is 0 Å². The summed E-state index contributed by atoms with van der Waals surface area (Å²) in [6.45, 7) is 8.54. The molecule has 0 unspecified atom stereocenters. The minimum absolute atomic E-state index is 0.0204. The maximum absolute atomic E-state index is 12.3. The van der Waals surface area contributed by atoms with Gasteiger partial charge in [0, 0.05) is 29.3 Å². The summed E-state index contributed by atoms with van der Waals surface area (Å²) in [5, 5.41) is 13.9. The van der Waals surface area contributed by atoms with Gasteiger partial charge in [-0.2, -0.15) is 0 Å². The molecule has 0 bridgehead atoms. The van der Waals surface area contributed by atoms with Gasteiger partial charge < -0.3 is 5.32 Å². The molecular weight excluding hydrogens is 294 g/mol. The lowest BCUT2D eigenvalue weighted by molar-refractivity contribution is -0.385. The molecule has 0 aromatic heterocycles. The number of nitrogens with zero attached hydrogens (tertiary/aromatic N) is 2. The van der Waals surface area contributed by atoms with Crippen LogP contribution in [-0.4, -0.2) is 40.9 Å². The van der Waals surface area contributed by atoms with Crippen molar-refractivity contribution >= 4 is 11.6 Å². The van der Waals surface area contributed by atoms with E-state index in [4.69, 9.17) is 0 Å². The second kappa shape index (κ2) is 7.08. The number of aryl methyl sites for hydroxylation is 1. The van der Waals surface area contributed by atoms with E-state index >= 15 is 0 Å². The normalized spacial score (nSPS) is 16.1. The predicted octanol–water partition coefficient (Wildman–Crippen LogP) is 2.90. The molecule has 1 saturated heterocycles. The number of piperidine rings is 1. The highest BCUT2D eigenvalue weighted by Crippen LogP contribution is 2.21. The van der Waals surface area contributed by atoms with Gasteiger partial charge in [0.15, 0.2) is 0 Å². The number of nitro groups is 1. The van der Waals surface area contributed by atoms with Crippen molar-refractivity contribution in [1.82, 2.24) is 10.2 Å². The van der Waals surface area contributed by atoms with Crippen molar-refractivity contribution in [3.05, 3.63) is 39.4 Å². The molecule has 6 heteroatoms. The molecule has 126 valence electrons. The van der Waals surface area contributed by atoms with Gasteiger partial charge >= 0.3 is 0 Å². The fourth-order valence-corrected chi connectivity index (χ4v) is 2.96. The topological polar surface area (TPSA) is 75.5 Å². The first-order chi connectivity index (χ1) is 10.8. The van der Waals surface area contributed by atoms with Gasteiger partial charge in [0.1, 0.15) is 0 Å². The lowest BCUT2D eigenvalue weighted by Crippen LogP contribution is -2.53. The zero-order valence-electron chi connectivity index (χ0n) is 14.1. The van der Waals surface area contributed by atoms with Crippen LogP contribution in [0.3, 0.4) is 0 Å². The molecule has 1 fully saturated rings. The summed E-state index contributed by atoms with van der Waals surface area (Å²) >= 11 is 0. The number of benzene rings is 1. The van der Waals surface area contributed by atoms with E-state index in [2.05, 4.69) is 24.1 Å². The van der Waals surface area contributed by atoms with E-state index in [0.29, 0.717) is 17.7 Å². The van der Waals surface area contributed by atoms with Gasteiger partial charge in [-0.1, -0.05) is 12.5 Å². The largest absolute Gasteiger partial charge is 0.350 e. The number of hydrogen-bond donors (Lipinski definition) is 1. The summed E-state index contributed by atoms with van der Waals surface area (Å²) in [6, 6.07) is 4.59. The number of nitrogens with one attached hydrogen (secondary N) is 1. The molecule has 1 heterocycles. The highest BCUT2D eigenvalue weighted by Gasteiger charge is 2.28. The summed E-state index contributed by atoms with van der Waals surface area (Å²) in [5.41, 5.74) is 0.747. The number of nitro benzene ring substituents is 1. The highest BCUT2D eigenvalue weighted by atomic mass is 16.6. The number of carbonyl (C=O) groups is 1. The molecule has 0 aliphatic carbocycles. The van der Waals surface area contributed by atoms with Crippen molar-refractivity contribution in [3.63, 3.8) is 0 Å². The maximum atomic E-state index is 12.3. The van der Waals surface area contributed by atoms with Crippen LogP contribution in [0, 0.1) is 17.0 Å². The van der Waals surface area contributed by atoms with Gasteiger partial charge in [-0.25, -0.2) is 0 Å². The van der Waals surface area contributed by atoms with Gasteiger partial charge in [-0.15, -0.1) is 0 Å². The third-order valence-electron chi connectivity index (χ3n) is 4.56. The molecule has 0 atom stereocenters. The molecule has 1 aromatic rings. The Bertz CT molecular complexity index is 593. The second-order valence-corrected chi connectivity index (χ2v) is 6.80. The average Bonchev–Trinajstić information content (AvgIpc) is 2.53. The Morgan fingerprint density at radius 3 is 2.57 bits per heavy atom. The minimum Gasteiger partial charge on any atom is -0.350 e. The van der Waals surface area contributed by atoms with Gasteiger partial charge in [0.2, 0.25) is 0 Å². The van der Waals surface area contributed by atoms with Gasteiger partial charge in [0.05, 0.1) is 4.92 Å². The maximum Gasteiger partial charge on any atom is 0.273 e. The van der Waals surface area contributed by atoms with Crippen molar-refractivity contribution in [3.8, 4) is 0 Å². The molecule has 2 rings (SSSR count). The van der Waals surface area contributed by atoms with Crippen LogP contribution in [0.5, 0.6) is 0 Å². The summed E-state index contributed by atoms with van der Waals surface area (Å²) in [5.74, 6) is -0.266. The van der Waals surface area contributed by atoms with Crippen molar-refractivity contribution in [1.29, 1.82) is 0 Å². The summed E-state index contributed by atoms with van der Waals surface area (Å²) in [4.78, 5) is 25.2. The molecular formula is C17H25N3O3. The van der Waals surface area contributed by atoms with E-state index in [-0.39, 0.29) is 17.1 Å². The van der Waals surface area contributed by atoms with Crippen molar-refractivity contribution < 1.29 is 9.72 Å². The van der Waals surface area contributed by atoms with Crippen LogP contribution in [0.4, 0.5) is 5.69 Å². The Morgan fingerprint density at radius 1 is 1.30 bits per heavy atom. The first-order valence-electron chi connectivity index (χ1n) is 8.09. The molecule has 0 spiro atoms. The molecule has 6 nitrogen and oxygen atoms in total. The summed E-state index contributed by atoms with van der Waals surface area (Å²) in [7, 11) is 0. The highest BCUT2D eigenvalue weighted by molar-refractivity contribution is 5.95. The lowest BCUT2D eigenvalue weighted by Gasteiger charge is -2.41. The SMILES string of the molecule is Cc1ccc(C(=O)NCC(C)(C)N2CCCCC2)cc1[N+](=O)[O-]. The van der Waals surface area contributed by atoms with Crippen LogP contribution in [-0.2, 0) is 0 Å². The fourth-order valence-electron chi connectivity index (χ4n) is 2.96. The quantitative estimate of drug-likeness (QED) is 0.669. The standard InChI is InChI=1S/C17H25N3O3/c1-13-7-8-14(11-15(13)20(22)23)16(21)18-12-17(2,3)19-9-5-4-6-10-19/h7-8,11H,4-6,9-10,12H2,1-3H3,(H,18,21). The molecule has 1 aliphatic heterocycles. The fraction of sp³-hybridized carbons (Fsp3) is 0.588. The predicted molar refractivity (Wildman–Crippen MR) is 89.7 cm³/mol. The number of rotatable bonds is 5. The van der Waals surface area contributed by atoms with E-state index in [1.54, 1.807) is 19.1 Å². The molecule has 1 N–H and O–H groups in total. The van der Waals surface area contributed by atoms with Crippen molar-refractivity contribution in [2.45, 2.75) is 45.6 Å². The van der Waals surface area contributed by atoms with Crippen LogP contribution in [0.15, 0.2) is 18.2 Å². The Labute approximate surface area is 137 Å². The third kappa shape index (κ3) is 4.28. The minimum atomic E-state index is -0.455. The number of carbonyl (C=O) groups excluding carboxylic acids is 1. The van der Waals surface area contributed by atoms with Crippen molar-refractivity contribution in [2.75, 3.05) is 19.6 Å². The van der Waals surface area contributed by atoms with Crippen molar-refractivity contribution in [2.24, 2.45) is 0 Å². The molecule has 0 radical (unpaired) electrons. The van der Waals surface area contributed by atoms with Crippen LogP contribution in [0.25, 0.3) is 0 Å². The van der Waals surface area contributed by atoms with Gasteiger partial charge in [-0.3, -0.25) is 19.8 Å². The zero-order valence-corrected chi connectivity index (χ0v) is 14.1. The Balaban J connectivity index is 2.01. The molecule has 1 aliphatic rings. The summed E-state index contributed by atoms with van der Waals surface area (Å²) in [6.07, 6.45) is 3.66. The van der Waals surface area contributed by atoms with E-state index in [0.717, 1.165) is 13.1 Å². The van der Waals surface area contributed by atoms with Gasteiger partial charge in [0.25, 0.3) is 11.6 Å². The first kappa shape index (κ1) is 17.4. The first-order valence-corrected chi connectivity index (χ1v) is 8.09. The number of hydrogen-bond acceptors (Lipinski definition) is 4. The smallest absolute Gasteiger partial charge is 0.273 e. The Morgan fingerprint density at radius 2 is 1.96 bits per heavy atom. The van der Waals surface area contributed by atoms with Crippen LogP contribution in [0.2, 0.25) is 0 Å². The average molecular weight is 319 g/mol. The summed E-state index contributed by atoms with van der Waals surface area (Å²) < 4.78 is 0. The number of amides is 1. The monoisotopic (exact) mass is 319 g/mol. The van der Waals surface area contributed by atoms with Gasteiger partial charge in [-0.05, 0) is 52.8 Å². The van der Waals surface area contributed by atoms with Crippen LogP contribution < -0.4 is 5.32 Å². The van der Waals surface area contributed by atoms with Crippen LogP contribution >= 0.6 is 0 Å². The van der Waals surface area contributed by atoms with E-state index in [9.17, 15) is 14.9 Å². The van der Waals surface area contributed by atoms with E-state index < -0.39 is 4.92 Å². The lowest BCUT2D eigenvalue weighted by atomic mass is 9.98. The van der Waals surface area contributed by atoms with Crippen LogP contribution in [0.1, 0.15) is 49.0 Å².